The van der Waals surface area contributed by atoms with E-state index in [0.717, 1.165) is 44.6 Å². The van der Waals surface area contributed by atoms with E-state index in [1.807, 2.05) is 25.2 Å². The van der Waals surface area contributed by atoms with Gasteiger partial charge in [-0.1, -0.05) is 131 Å². The molecule has 1 aliphatic carbocycles. The number of hydrogen-bond acceptors (Lipinski definition) is 15. The number of allylic oxidation sites excluding steroid dienone is 12. The number of rotatable bonds is 22. The van der Waals surface area contributed by atoms with Crippen molar-refractivity contribution in [2.45, 2.75) is 191 Å². The van der Waals surface area contributed by atoms with Crippen molar-refractivity contribution in [2.24, 2.45) is 11.8 Å². The molecule has 0 spiro atoms. The van der Waals surface area contributed by atoms with Gasteiger partial charge in [0.05, 0.1) is 36.9 Å². The van der Waals surface area contributed by atoms with Gasteiger partial charge in [0.2, 0.25) is 0 Å². The number of carbonyl (C=O) groups excluding carboxylic acids is 3. The van der Waals surface area contributed by atoms with Crippen molar-refractivity contribution < 1.29 is 78.1 Å². The van der Waals surface area contributed by atoms with Gasteiger partial charge in [0.25, 0.3) is 0 Å². The summed E-state index contributed by atoms with van der Waals surface area (Å²) in [5, 5.41) is 78.5. The maximum absolute atomic E-state index is 13.7. The molecule has 0 aromatic carbocycles. The van der Waals surface area contributed by atoms with Crippen molar-refractivity contribution in [3.05, 3.63) is 85.1 Å². The van der Waals surface area contributed by atoms with Crippen LogP contribution in [0.25, 0.3) is 0 Å². The number of fused-ring (bicyclic) bond motifs is 4. The van der Waals surface area contributed by atoms with Crippen LogP contribution in [0.15, 0.2) is 85.1 Å². The normalized spacial score (nSPS) is 31.1. The predicted molar refractivity (Wildman–Crippen MR) is 259 cm³/mol. The first-order chi connectivity index (χ1) is 32.6. The molecule has 1 heterocycles. The Morgan fingerprint density at radius 1 is 0.765 bits per heavy atom. The maximum Gasteiger partial charge on any atom is 0.472 e. The van der Waals surface area contributed by atoms with Crippen LogP contribution in [0.4, 0.5) is 0 Å². The van der Waals surface area contributed by atoms with Gasteiger partial charge in [-0.2, -0.15) is 0 Å². The maximum atomic E-state index is 13.7. The SMILES string of the molecule is CCCCC/C=C\C/C=C\C/C=C\C/C=C\C/C=C\CCC(=O)O[C@@H]1COC(=O)CCC/C=C\C[C@@H]2[C@@H](O)[C@H](O)[C@@H](O)[C@H](OP(=O)(O)OC1)[C@H](O)[C@H](O)[C@@H](/C=C/[C@@H](O)CCCCC)C(=O)C[C@@H]2O. The van der Waals surface area contributed by atoms with Crippen molar-refractivity contribution in [2.75, 3.05) is 13.2 Å². The summed E-state index contributed by atoms with van der Waals surface area (Å²) in [6.45, 7) is 2.69. The van der Waals surface area contributed by atoms with E-state index in [-0.39, 0.29) is 32.1 Å². The van der Waals surface area contributed by atoms with Gasteiger partial charge in [-0.25, -0.2) is 4.57 Å². The Kier molecular flexibility index (Phi) is 31.9. The van der Waals surface area contributed by atoms with E-state index in [1.165, 1.54) is 31.4 Å². The molecular formula is C51H81O16P. The quantitative estimate of drug-likeness (QED) is 0.0244. The van der Waals surface area contributed by atoms with Gasteiger partial charge in [-0.3, -0.25) is 23.4 Å². The summed E-state index contributed by atoms with van der Waals surface area (Å²) in [5.41, 5.74) is 0. The van der Waals surface area contributed by atoms with E-state index < -0.39 is 112 Å². The van der Waals surface area contributed by atoms with Crippen molar-refractivity contribution in [1.82, 2.24) is 0 Å². The average Bonchev–Trinajstić information content (AvgIpc) is 3.31. The summed E-state index contributed by atoms with van der Waals surface area (Å²) >= 11 is 0. The lowest BCUT2D eigenvalue weighted by molar-refractivity contribution is -0.166. The average molecular weight is 981 g/mol. The number of phosphoric acid groups is 1. The summed E-state index contributed by atoms with van der Waals surface area (Å²) in [6, 6.07) is 0. The second kappa shape index (κ2) is 35.7. The minimum Gasteiger partial charge on any atom is -0.462 e. The third-order valence-corrected chi connectivity index (χ3v) is 12.6. The number of ketones is 1. The van der Waals surface area contributed by atoms with Gasteiger partial charge in [0, 0.05) is 25.2 Å². The molecule has 17 heteroatoms. The standard InChI is InChI=1S/C51H81O16P/c1-3-5-7-8-9-10-11-12-13-14-15-16-17-18-19-20-21-22-28-32-45(56)66-39-36-64-44(55)31-27-24-23-26-30-40-42(53)35-43(54)41(34-33-38(52)29-25-6-4-2)47(58)49(60)51(50(61)48(59)46(40)57)67-68(62,63)65-37-39/h9-10,12-13,15-16,18-19,21-23,26,33-34,38-42,46-53,57-61H,3-8,11,14,17,20,24-25,27-32,35-37H2,1-2H3,(H,62,63)/b10-9-,13-12-,16-15-,19-18-,22-21-,26-23-,34-33+/t38-,39+,40-,41-,42-,46+,47+,48-,49+,50+,51+/m0/s1. The molecule has 68 heavy (non-hydrogen) atoms. The van der Waals surface area contributed by atoms with E-state index >= 15 is 0 Å². The highest BCUT2D eigenvalue weighted by Crippen LogP contribution is 2.47. The van der Waals surface area contributed by atoms with E-state index in [1.54, 1.807) is 12.2 Å². The van der Waals surface area contributed by atoms with Crippen LogP contribution in [0.1, 0.15) is 136 Å². The molecule has 2 aliphatic rings. The van der Waals surface area contributed by atoms with E-state index in [0.29, 0.717) is 25.7 Å². The first-order valence-corrected chi connectivity index (χ1v) is 26.0. The number of phosphoric ester groups is 1. The summed E-state index contributed by atoms with van der Waals surface area (Å²) < 4.78 is 34.6. The highest BCUT2D eigenvalue weighted by molar-refractivity contribution is 7.47. The summed E-state index contributed by atoms with van der Waals surface area (Å²) in [5.74, 6) is -5.29. The van der Waals surface area contributed by atoms with E-state index in [2.05, 4.69) is 43.4 Å². The molecule has 12 atom stereocenters. The van der Waals surface area contributed by atoms with Crippen LogP contribution in [0, 0.1) is 11.8 Å². The van der Waals surface area contributed by atoms with Crippen LogP contribution < -0.4 is 0 Å². The van der Waals surface area contributed by atoms with E-state index in [9.17, 15) is 59.6 Å². The Morgan fingerprint density at radius 2 is 1.35 bits per heavy atom. The summed E-state index contributed by atoms with van der Waals surface area (Å²) in [6.07, 6.45) is 18.8. The Hall–Kier alpha value is -3.38. The van der Waals surface area contributed by atoms with Gasteiger partial charge in [0.1, 0.15) is 36.8 Å². The molecule has 8 N–H and O–H groups in total. The van der Waals surface area contributed by atoms with Gasteiger partial charge >= 0.3 is 19.8 Å². The van der Waals surface area contributed by atoms with Crippen molar-refractivity contribution >= 4 is 25.5 Å². The molecule has 1 aliphatic heterocycles. The largest absolute Gasteiger partial charge is 0.472 e. The molecule has 0 radical (unpaired) electrons. The molecule has 0 aromatic rings. The van der Waals surface area contributed by atoms with Crippen molar-refractivity contribution in [3.63, 3.8) is 0 Å². The number of ether oxygens (including phenoxy) is 2. The molecule has 0 amide bonds. The van der Waals surface area contributed by atoms with Gasteiger partial charge < -0.3 is 50.1 Å². The zero-order chi connectivity index (χ0) is 50.2. The lowest BCUT2D eigenvalue weighted by Crippen LogP contribution is -2.55. The molecule has 386 valence electrons. The van der Waals surface area contributed by atoms with Crippen LogP contribution in [-0.4, -0.2) is 127 Å². The zero-order valence-electron chi connectivity index (χ0n) is 40.1. The molecule has 1 fully saturated rings. The molecule has 2 bridgehead atoms. The van der Waals surface area contributed by atoms with Crippen LogP contribution in [0.5, 0.6) is 0 Å². The topological polar surface area (TPSA) is 267 Å². The molecular weight excluding hydrogens is 900 g/mol. The van der Waals surface area contributed by atoms with Crippen molar-refractivity contribution in [3.8, 4) is 0 Å². The Morgan fingerprint density at radius 3 is 1.99 bits per heavy atom. The first-order valence-electron chi connectivity index (χ1n) is 24.5. The zero-order valence-corrected chi connectivity index (χ0v) is 41.0. The molecule has 2 rings (SSSR count). The van der Waals surface area contributed by atoms with Crippen LogP contribution in [-0.2, 0) is 37.5 Å². The number of cyclic esters (lactones) is 1. The second-order valence-electron chi connectivity index (χ2n) is 17.4. The predicted octanol–water partition coefficient (Wildman–Crippen LogP) is 6.64. The summed E-state index contributed by atoms with van der Waals surface area (Å²) in [7, 11) is -5.49. The third kappa shape index (κ3) is 25.5. The molecule has 16 nitrogen and oxygen atoms in total. The Labute approximate surface area is 403 Å². The Bertz CT molecular complexity index is 1690. The minimum absolute atomic E-state index is 0.0735. The van der Waals surface area contributed by atoms with Gasteiger partial charge in [-0.05, 0) is 70.6 Å². The highest BCUT2D eigenvalue weighted by atomic mass is 31.2. The summed E-state index contributed by atoms with van der Waals surface area (Å²) in [4.78, 5) is 50.1. The number of aliphatic hydroxyl groups excluding tert-OH is 7. The molecule has 0 saturated heterocycles. The number of Topliss-reactive ketones (excluding diaryl/α,β-unsaturated/α-hetero) is 1. The van der Waals surface area contributed by atoms with Gasteiger partial charge in [-0.15, -0.1) is 0 Å². The number of hydrogen-bond donors (Lipinski definition) is 8. The number of carbonyl (C=O) groups is 3. The van der Waals surface area contributed by atoms with Crippen LogP contribution in [0.3, 0.4) is 0 Å². The minimum atomic E-state index is -5.49. The number of esters is 2. The van der Waals surface area contributed by atoms with Crippen LogP contribution >= 0.6 is 7.82 Å². The lowest BCUT2D eigenvalue weighted by atomic mass is 9.83. The number of aliphatic hydroxyl groups is 7. The second-order valence-corrected chi connectivity index (χ2v) is 18.8. The number of unbranched alkanes of at least 4 members (excludes halogenated alkanes) is 5. The van der Waals surface area contributed by atoms with Crippen LogP contribution in [0.2, 0.25) is 0 Å². The monoisotopic (exact) mass is 981 g/mol. The van der Waals surface area contributed by atoms with Crippen molar-refractivity contribution in [1.29, 1.82) is 0 Å². The third-order valence-electron chi connectivity index (χ3n) is 11.6. The fourth-order valence-corrected chi connectivity index (χ4v) is 8.48. The fourth-order valence-electron chi connectivity index (χ4n) is 7.51. The Balaban J connectivity index is 2.17. The fraction of sp³-hybridized carbons (Fsp3) is 0.667. The highest BCUT2D eigenvalue weighted by Gasteiger charge is 2.49. The molecule has 1 saturated carbocycles. The first kappa shape index (κ1) is 60.7. The molecule has 1 unspecified atom stereocenters. The lowest BCUT2D eigenvalue weighted by Gasteiger charge is -2.36. The van der Waals surface area contributed by atoms with E-state index in [4.69, 9.17) is 18.5 Å². The molecule has 0 aromatic heterocycles. The smallest absolute Gasteiger partial charge is 0.462 e. The van der Waals surface area contributed by atoms with Gasteiger partial charge in [0.15, 0.2) is 6.10 Å².